The van der Waals surface area contributed by atoms with E-state index >= 15 is 0 Å². The van der Waals surface area contributed by atoms with E-state index in [0.717, 1.165) is 31.0 Å². The van der Waals surface area contributed by atoms with Crippen LogP contribution in [-0.2, 0) is 12.8 Å². The van der Waals surface area contributed by atoms with Crippen LogP contribution in [0, 0.1) is 5.92 Å². The average molecular weight is 329 g/mol. The summed E-state index contributed by atoms with van der Waals surface area (Å²) in [5.74, 6) is 0.572. The minimum absolute atomic E-state index is 0.572. The van der Waals surface area contributed by atoms with Crippen LogP contribution in [0.25, 0.3) is 0 Å². The van der Waals surface area contributed by atoms with Gasteiger partial charge in [-0.05, 0) is 62.2 Å². The number of fused-ring (bicyclic) bond motifs is 2. The van der Waals surface area contributed by atoms with E-state index in [-0.39, 0.29) is 0 Å². The first kappa shape index (κ1) is 16.4. The van der Waals surface area contributed by atoms with Crippen molar-refractivity contribution >= 4 is 23.0 Å². The van der Waals surface area contributed by atoms with Crippen molar-refractivity contribution in [3.05, 3.63) is 58.6 Å². The Labute approximate surface area is 144 Å². The Bertz CT molecular complexity index is 681. The number of nitrogens with zero attached hydrogens (tertiary/aromatic N) is 2. The Morgan fingerprint density at radius 3 is 2.48 bits per heavy atom. The monoisotopic (exact) mass is 328 g/mol. The number of anilines is 2. The highest BCUT2D eigenvalue weighted by atomic mass is 35.5. The van der Waals surface area contributed by atoms with Crippen LogP contribution < -0.4 is 4.90 Å². The van der Waals surface area contributed by atoms with E-state index in [2.05, 4.69) is 67.2 Å². The molecule has 0 aliphatic carbocycles. The zero-order valence-corrected chi connectivity index (χ0v) is 15.0. The van der Waals surface area contributed by atoms with Crippen LogP contribution >= 0.6 is 11.6 Å². The number of hydrogen-bond acceptors (Lipinski definition) is 2. The van der Waals surface area contributed by atoms with E-state index in [9.17, 15) is 0 Å². The minimum atomic E-state index is 0.572. The highest BCUT2D eigenvalue weighted by molar-refractivity contribution is 6.30. The predicted octanol–water partition coefficient (Wildman–Crippen LogP) is 4.77. The fourth-order valence-corrected chi connectivity index (χ4v) is 3.74. The van der Waals surface area contributed by atoms with Gasteiger partial charge in [0.1, 0.15) is 0 Å². The summed E-state index contributed by atoms with van der Waals surface area (Å²) in [7, 11) is 4.27. The molecule has 0 aromatic heterocycles. The van der Waals surface area contributed by atoms with Gasteiger partial charge in [-0.1, -0.05) is 42.8 Å². The highest BCUT2D eigenvalue weighted by Crippen LogP contribution is 2.37. The summed E-state index contributed by atoms with van der Waals surface area (Å²) in [6, 6.07) is 15.1. The maximum absolute atomic E-state index is 6.31. The van der Waals surface area contributed by atoms with Crippen molar-refractivity contribution in [2.75, 3.05) is 32.1 Å². The molecule has 3 heteroatoms. The van der Waals surface area contributed by atoms with Gasteiger partial charge in [0.15, 0.2) is 0 Å². The standard InChI is InChI=1S/C20H25ClN2/c1-15(13-22(2)3)14-23-19-7-5-4-6-16(19)8-9-17-10-11-18(21)12-20(17)23/h4-7,10-12,15H,8-9,13-14H2,1-3H3. The summed E-state index contributed by atoms with van der Waals surface area (Å²) < 4.78 is 0. The summed E-state index contributed by atoms with van der Waals surface area (Å²) in [5.41, 5.74) is 5.42. The summed E-state index contributed by atoms with van der Waals surface area (Å²) in [6.07, 6.45) is 2.16. The van der Waals surface area contributed by atoms with Gasteiger partial charge in [0.25, 0.3) is 0 Å². The number of hydrogen-bond donors (Lipinski definition) is 0. The lowest BCUT2D eigenvalue weighted by molar-refractivity contribution is 0.343. The number of aryl methyl sites for hydroxylation is 2. The molecule has 1 aliphatic heterocycles. The smallest absolute Gasteiger partial charge is 0.0458 e. The Hall–Kier alpha value is -1.51. The third-order valence-corrected chi connectivity index (χ3v) is 4.69. The summed E-state index contributed by atoms with van der Waals surface area (Å²) in [4.78, 5) is 4.73. The van der Waals surface area contributed by atoms with Gasteiger partial charge in [0, 0.05) is 29.5 Å². The van der Waals surface area contributed by atoms with Gasteiger partial charge >= 0.3 is 0 Å². The first-order chi connectivity index (χ1) is 11.0. The van der Waals surface area contributed by atoms with Crippen LogP contribution in [0.15, 0.2) is 42.5 Å². The maximum atomic E-state index is 6.31. The molecule has 0 N–H and O–H groups in total. The highest BCUT2D eigenvalue weighted by Gasteiger charge is 2.22. The topological polar surface area (TPSA) is 6.48 Å². The van der Waals surface area contributed by atoms with Crippen molar-refractivity contribution in [3.8, 4) is 0 Å². The second-order valence-corrected chi connectivity index (χ2v) is 7.32. The molecule has 0 amide bonds. The average Bonchev–Trinajstić information content (AvgIpc) is 2.65. The summed E-state index contributed by atoms with van der Waals surface area (Å²) in [5, 5.41) is 0.813. The van der Waals surface area contributed by atoms with Crippen molar-refractivity contribution in [2.45, 2.75) is 19.8 Å². The molecule has 1 unspecified atom stereocenters. The molecule has 1 atom stereocenters. The van der Waals surface area contributed by atoms with Crippen molar-refractivity contribution in [3.63, 3.8) is 0 Å². The largest absolute Gasteiger partial charge is 0.341 e. The molecule has 0 radical (unpaired) electrons. The van der Waals surface area contributed by atoms with Crippen LogP contribution in [0.1, 0.15) is 18.1 Å². The van der Waals surface area contributed by atoms with Crippen molar-refractivity contribution in [2.24, 2.45) is 5.92 Å². The van der Waals surface area contributed by atoms with Crippen molar-refractivity contribution in [1.82, 2.24) is 4.90 Å². The molecule has 1 aliphatic rings. The quantitative estimate of drug-likeness (QED) is 0.797. The molecule has 0 fully saturated rings. The predicted molar refractivity (Wildman–Crippen MR) is 100 cm³/mol. The zero-order valence-electron chi connectivity index (χ0n) is 14.2. The Morgan fingerprint density at radius 1 is 1.04 bits per heavy atom. The molecule has 1 heterocycles. The molecule has 3 rings (SSSR count). The van der Waals surface area contributed by atoms with Crippen LogP contribution in [0.5, 0.6) is 0 Å². The molecule has 0 saturated heterocycles. The molecule has 23 heavy (non-hydrogen) atoms. The van der Waals surface area contributed by atoms with E-state index in [4.69, 9.17) is 11.6 Å². The van der Waals surface area contributed by atoms with Gasteiger partial charge in [-0.3, -0.25) is 0 Å². The summed E-state index contributed by atoms with van der Waals surface area (Å²) >= 11 is 6.31. The number of benzene rings is 2. The lowest BCUT2D eigenvalue weighted by atomic mass is 10.0. The Balaban J connectivity index is 2.02. The third kappa shape index (κ3) is 3.70. The summed E-state index contributed by atoms with van der Waals surface area (Å²) in [6.45, 7) is 4.40. The molecular formula is C20H25ClN2. The number of para-hydroxylation sites is 1. The molecule has 0 saturated carbocycles. The Morgan fingerprint density at radius 2 is 1.74 bits per heavy atom. The van der Waals surface area contributed by atoms with Crippen LogP contribution in [0.4, 0.5) is 11.4 Å². The van der Waals surface area contributed by atoms with Crippen LogP contribution in [-0.4, -0.2) is 32.1 Å². The minimum Gasteiger partial charge on any atom is -0.341 e. The molecular weight excluding hydrogens is 304 g/mol. The van der Waals surface area contributed by atoms with E-state index in [0.29, 0.717) is 5.92 Å². The van der Waals surface area contributed by atoms with E-state index in [1.54, 1.807) is 0 Å². The van der Waals surface area contributed by atoms with Gasteiger partial charge in [0.2, 0.25) is 0 Å². The van der Waals surface area contributed by atoms with E-state index in [1.165, 1.54) is 22.5 Å². The number of rotatable bonds is 4. The molecule has 122 valence electrons. The van der Waals surface area contributed by atoms with E-state index in [1.807, 2.05) is 6.07 Å². The van der Waals surface area contributed by atoms with Crippen molar-refractivity contribution < 1.29 is 0 Å². The van der Waals surface area contributed by atoms with Gasteiger partial charge in [-0.2, -0.15) is 0 Å². The second kappa shape index (κ2) is 6.94. The fourth-order valence-electron chi connectivity index (χ4n) is 3.57. The van der Waals surface area contributed by atoms with Crippen LogP contribution in [0.3, 0.4) is 0 Å². The Kier molecular flexibility index (Phi) is 4.93. The van der Waals surface area contributed by atoms with Gasteiger partial charge in [-0.15, -0.1) is 0 Å². The van der Waals surface area contributed by atoms with E-state index < -0.39 is 0 Å². The molecule has 2 aromatic rings. The number of halogens is 1. The lowest BCUT2D eigenvalue weighted by Gasteiger charge is -2.31. The van der Waals surface area contributed by atoms with Gasteiger partial charge in [-0.25, -0.2) is 0 Å². The first-order valence-corrected chi connectivity index (χ1v) is 8.71. The fraction of sp³-hybridized carbons (Fsp3) is 0.400. The molecule has 2 nitrogen and oxygen atoms in total. The molecule has 0 spiro atoms. The third-order valence-electron chi connectivity index (χ3n) is 4.46. The van der Waals surface area contributed by atoms with Gasteiger partial charge < -0.3 is 9.80 Å². The normalized spacial score (nSPS) is 15.1. The van der Waals surface area contributed by atoms with Gasteiger partial charge in [0.05, 0.1) is 0 Å². The SMILES string of the molecule is CC(CN(C)C)CN1c2ccccc2CCc2ccc(Cl)cc21. The molecule has 2 aromatic carbocycles. The maximum Gasteiger partial charge on any atom is 0.0458 e. The first-order valence-electron chi connectivity index (χ1n) is 8.33. The lowest BCUT2D eigenvalue weighted by Crippen LogP contribution is -2.30. The second-order valence-electron chi connectivity index (χ2n) is 6.88. The van der Waals surface area contributed by atoms with Crippen molar-refractivity contribution in [1.29, 1.82) is 0 Å². The van der Waals surface area contributed by atoms with Crippen LogP contribution in [0.2, 0.25) is 5.02 Å². The molecule has 0 bridgehead atoms. The zero-order chi connectivity index (χ0) is 16.4.